The summed E-state index contributed by atoms with van der Waals surface area (Å²) in [5.74, 6) is 5.61. The van der Waals surface area contributed by atoms with Crippen LogP contribution in [0.25, 0.3) is 0 Å². The lowest BCUT2D eigenvalue weighted by Gasteiger charge is -2.28. The number of nitrogens with two attached hydrogens (primary N) is 1. The molecule has 0 aliphatic carbocycles. The van der Waals surface area contributed by atoms with Crippen LogP contribution in [0.3, 0.4) is 0 Å². The highest BCUT2D eigenvalue weighted by Crippen LogP contribution is 2.18. The molecule has 0 aromatic heterocycles. The lowest BCUT2D eigenvalue weighted by molar-refractivity contribution is 0.00711. The van der Waals surface area contributed by atoms with Crippen LogP contribution in [0.15, 0.2) is 24.3 Å². The van der Waals surface area contributed by atoms with Crippen LogP contribution in [0.5, 0.6) is 0 Å². The van der Waals surface area contributed by atoms with E-state index in [4.69, 9.17) is 10.6 Å². The van der Waals surface area contributed by atoms with Crippen molar-refractivity contribution < 1.29 is 4.74 Å². The quantitative estimate of drug-likeness (QED) is 0.588. The summed E-state index contributed by atoms with van der Waals surface area (Å²) < 4.78 is 5.43. The molecule has 1 rings (SSSR count). The smallest absolute Gasteiger partial charge is 0.0638 e. The van der Waals surface area contributed by atoms with Crippen LogP contribution >= 0.6 is 0 Å². The van der Waals surface area contributed by atoms with Gasteiger partial charge in [0.2, 0.25) is 0 Å². The average molecular weight is 236 g/mol. The molecule has 0 heterocycles. The van der Waals surface area contributed by atoms with Crippen LogP contribution in [0.1, 0.15) is 31.4 Å². The van der Waals surface area contributed by atoms with E-state index < -0.39 is 0 Å². The molecule has 3 N–H and O–H groups in total. The normalized spacial score (nSPS) is 13.7. The van der Waals surface area contributed by atoms with Crippen molar-refractivity contribution in [3.05, 3.63) is 35.4 Å². The van der Waals surface area contributed by atoms with Crippen molar-refractivity contribution >= 4 is 0 Å². The van der Waals surface area contributed by atoms with E-state index in [1.807, 2.05) is 0 Å². The molecule has 17 heavy (non-hydrogen) atoms. The molecule has 0 aliphatic heterocycles. The van der Waals surface area contributed by atoms with Crippen molar-refractivity contribution in [2.24, 2.45) is 5.84 Å². The van der Waals surface area contributed by atoms with E-state index >= 15 is 0 Å². The first-order valence-corrected chi connectivity index (χ1v) is 6.03. The summed E-state index contributed by atoms with van der Waals surface area (Å²) in [7, 11) is 1.74. The van der Waals surface area contributed by atoms with E-state index in [9.17, 15) is 0 Å². The minimum absolute atomic E-state index is 0.151. The van der Waals surface area contributed by atoms with Crippen molar-refractivity contribution in [3.63, 3.8) is 0 Å². The molecule has 1 aromatic carbocycles. The Morgan fingerprint density at radius 2 is 1.88 bits per heavy atom. The summed E-state index contributed by atoms with van der Waals surface area (Å²) in [4.78, 5) is 0. The Morgan fingerprint density at radius 3 is 2.35 bits per heavy atom. The molecule has 0 aliphatic rings. The van der Waals surface area contributed by atoms with Gasteiger partial charge in [0.25, 0.3) is 0 Å². The number of rotatable bonds is 6. The van der Waals surface area contributed by atoms with E-state index in [0.29, 0.717) is 0 Å². The molecule has 96 valence electrons. The number of hydrazine groups is 1. The predicted molar refractivity (Wildman–Crippen MR) is 71.7 cm³/mol. The zero-order valence-electron chi connectivity index (χ0n) is 11.3. The standard InChI is InChI=1S/C14H24N2O/c1-11-5-7-12(8-6-11)9-13(16-15)10-14(2,3)17-4/h5-8,13,16H,9-10,15H2,1-4H3. The van der Waals surface area contributed by atoms with Crippen LogP contribution in [0.4, 0.5) is 0 Å². The van der Waals surface area contributed by atoms with E-state index in [-0.39, 0.29) is 11.6 Å². The zero-order valence-corrected chi connectivity index (χ0v) is 11.3. The molecule has 0 saturated carbocycles. The first kappa shape index (κ1) is 14.2. The molecular weight excluding hydrogens is 212 g/mol. The summed E-state index contributed by atoms with van der Waals surface area (Å²) in [6.45, 7) is 6.25. The Hall–Kier alpha value is -0.900. The molecule has 3 heteroatoms. The van der Waals surface area contributed by atoms with Gasteiger partial charge in [-0.3, -0.25) is 11.3 Å². The maximum absolute atomic E-state index is 5.61. The van der Waals surface area contributed by atoms with Gasteiger partial charge in [0.05, 0.1) is 5.60 Å². The zero-order chi connectivity index (χ0) is 12.9. The number of aryl methyl sites for hydroxylation is 1. The number of hydrogen-bond donors (Lipinski definition) is 2. The van der Waals surface area contributed by atoms with Gasteiger partial charge in [-0.1, -0.05) is 29.8 Å². The van der Waals surface area contributed by atoms with E-state index in [1.165, 1.54) is 11.1 Å². The number of methoxy groups -OCH3 is 1. The first-order chi connectivity index (χ1) is 7.96. The topological polar surface area (TPSA) is 47.3 Å². The largest absolute Gasteiger partial charge is 0.379 e. The fourth-order valence-corrected chi connectivity index (χ4v) is 1.88. The number of nitrogens with one attached hydrogen (secondary N) is 1. The lowest BCUT2D eigenvalue weighted by Crippen LogP contribution is -2.42. The van der Waals surface area contributed by atoms with Crippen LogP contribution in [-0.4, -0.2) is 18.8 Å². The van der Waals surface area contributed by atoms with Gasteiger partial charge in [-0.25, -0.2) is 0 Å². The van der Waals surface area contributed by atoms with Gasteiger partial charge in [0.1, 0.15) is 0 Å². The third-order valence-corrected chi connectivity index (χ3v) is 3.13. The number of ether oxygens (including phenoxy) is 1. The van der Waals surface area contributed by atoms with E-state index in [0.717, 1.165) is 12.8 Å². The fraction of sp³-hybridized carbons (Fsp3) is 0.571. The van der Waals surface area contributed by atoms with Crippen molar-refractivity contribution in [2.75, 3.05) is 7.11 Å². The van der Waals surface area contributed by atoms with Gasteiger partial charge in [0.15, 0.2) is 0 Å². The average Bonchev–Trinajstić information content (AvgIpc) is 2.31. The minimum Gasteiger partial charge on any atom is -0.379 e. The maximum Gasteiger partial charge on any atom is 0.0638 e. The Kier molecular flexibility index (Phi) is 5.12. The summed E-state index contributed by atoms with van der Waals surface area (Å²) in [5, 5.41) is 0. The Morgan fingerprint density at radius 1 is 1.29 bits per heavy atom. The number of benzene rings is 1. The highest BCUT2D eigenvalue weighted by molar-refractivity contribution is 5.22. The lowest BCUT2D eigenvalue weighted by atomic mass is 9.94. The van der Waals surface area contributed by atoms with Crippen molar-refractivity contribution in [1.29, 1.82) is 0 Å². The second kappa shape index (κ2) is 6.15. The van der Waals surface area contributed by atoms with Crippen LogP contribution < -0.4 is 11.3 Å². The molecule has 0 radical (unpaired) electrons. The van der Waals surface area contributed by atoms with Gasteiger partial charge in [-0.2, -0.15) is 0 Å². The second-order valence-corrected chi connectivity index (χ2v) is 5.22. The molecule has 0 saturated heterocycles. The third-order valence-electron chi connectivity index (χ3n) is 3.13. The summed E-state index contributed by atoms with van der Waals surface area (Å²) in [6, 6.07) is 8.79. The first-order valence-electron chi connectivity index (χ1n) is 6.03. The van der Waals surface area contributed by atoms with Crippen LogP contribution in [0, 0.1) is 6.92 Å². The molecule has 1 atom stereocenters. The Balaban J connectivity index is 2.61. The second-order valence-electron chi connectivity index (χ2n) is 5.22. The fourth-order valence-electron chi connectivity index (χ4n) is 1.88. The van der Waals surface area contributed by atoms with Crippen LogP contribution in [-0.2, 0) is 11.2 Å². The minimum atomic E-state index is -0.151. The van der Waals surface area contributed by atoms with Gasteiger partial charge < -0.3 is 4.74 Å². The Bertz CT molecular complexity index is 333. The van der Waals surface area contributed by atoms with Crippen molar-refractivity contribution in [1.82, 2.24) is 5.43 Å². The van der Waals surface area contributed by atoms with Gasteiger partial charge in [0, 0.05) is 13.2 Å². The maximum atomic E-state index is 5.61. The van der Waals surface area contributed by atoms with E-state index in [2.05, 4.69) is 50.5 Å². The summed E-state index contributed by atoms with van der Waals surface area (Å²) in [5.41, 5.74) is 5.30. The summed E-state index contributed by atoms with van der Waals surface area (Å²) >= 11 is 0. The molecule has 0 bridgehead atoms. The molecule has 0 spiro atoms. The monoisotopic (exact) mass is 236 g/mol. The molecule has 1 aromatic rings. The SMILES string of the molecule is COC(C)(C)CC(Cc1ccc(C)cc1)NN. The molecule has 1 unspecified atom stereocenters. The highest BCUT2D eigenvalue weighted by Gasteiger charge is 2.22. The van der Waals surface area contributed by atoms with Crippen LogP contribution in [0.2, 0.25) is 0 Å². The van der Waals surface area contributed by atoms with E-state index in [1.54, 1.807) is 7.11 Å². The summed E-state index contributed by atoms with van der Waals surface area (Å²) in [6.07, 6.45) is 1.80. The van der Waals surface area contributed by atoms with Crippen molar-refractivity contribution in [2.45, 2.75) is 45.3 Å². The highest BCUT2D eigenvalue weighted by atomic mass is 16.5. The molecule has 0 amide bonds. The van der Waals surface area contributed by atoms with Crippen molar-refractivity contribution in [3.8, 4) is 0 Å². The number of hydrogen-bond acceptors (Lipinski definition) is 3. The van der Waals surface area contributed by atoms with Gasteiger partial charge in [-0.15, -0.1) is 0 Å². The third kappa shape index (κ3) is 4.86. The predicted octanol–water partition coefficient (Wildman–Crippen LogP) is 2.18. The molecule has 0 fully saturated rings. The Labute approximate surface area is 104 Å². The van der Waals surface area contributed by atoms with Gasteiger partial charge in [-0.05, 0) is 39.2 Å². The molecular formula is C14H24N2O. The molecule has 3 nitrogen and oxygen atoms in total. The van der Waals surface area contributed by atoms with Gasteiger partial charge >= 0.3 is 0 Å².